The topological polar surface area (TPSA) is 88.1 Å². The van der Waals surface area contributed by atoms with Gasteiger partial charge in [0.1, 0.15) is 11.5 Å². The van der Waals surface area contributed by atoms with Gasteiger partial charge in [-0.05, 0) is 43.2 Å². The van der Waals surface area contributed by atoms with Gasteiger partial charge in [0.25, 0.3) is 5.91 Å². The highest BCUT2D eigenvalue weighted by molar-refractivity contribution is 6.03. The smallest absolute Gasteiger partial charge is 0.256 e. The quantitative estimate of drug-likeness (QED) is 0.278. The molecule has 1 amide bonds. The lowest BCUT2D eigenvalue weighted by Crippen LogP contribution is -2.35. The molecule has 0 bridgehead atoms. The summed E-state index contributed by atoms with van der Waals surface area (Å²) in [4.78, 5) is 19.4. The Labute approximate surface area is 232 Å². The Morgan fingerprint density at radius 2 is 1.57 bits per heavy atom. The highest BCUT2D eigenvalue weighted by Crippen LogP contribution is 2.38. The van der Waals surface area contributed by atoms with Crippen LogP contribution in [0.4, 0.5) is 10.1 Å². The molecule has 10 heteroatoms. The predicted molar refractivity (Wildman–Crippen MR) is 147 cm³/mol. The zero-order chi connectivity index (χ0) is 28.1. The molecule has 0 aromatic heterocycles. The summed E-state index contributed by atoms with van der Waals surface area (Å²) in [5.41, 5.74) is 1.08. The van der Waals surface area contributed by atoms with Gasteiger partial charge in [-0.25, -0.2) is 4.39 Å². The van der Waals surface area contributed by atoms with Crippen molar-refractivity contribution in [2.75, 3.05) is 41.1 Å². The first-order chi connectivity index (χ1) is 19.5. The maximum atomic E-state index is 14.4. The van der Waals surface area contributed by atoms with Crippen LogP contribution in [0.15, 0.2) is 53.5 Å². The second-order valence-electron chi connectivity index (χ2n) is 9.27. The Balaban J connectivity index is 1.18. The first-order valence-electron chi connectivity index (χ1n) is 13.0. The van der Waals surface area contributed by atoms with Crippen LogP contribution >= 0.6 is 0 Å². The number of rotatable bonds is 11. The summed E-state index contributed by atoms with van der Waals surface area (Å²) in [5, 5.41) is 0. The molecule has 2 heterocycles. The van der Waals surface area contributed by atoms with E-state index in [0.29, 0.717) is 65.4 Å². The van der Waals surface area contributed by atoms with Gasteiger partial charge in [0.15, 0.2) is 34.6 Å². The van der Waals surface area contributed by atoms with E-state index in [2.05, 4.69) is 4.99 Å². The van der Waals surface area contributed by atoms with Crippen LogP contribution in [0.3, 0.4) is 0 Å². The number of hydrogen-bond donors (Lipinski definition) is 0. The number of benzene rings is 3. The van der Waals surface area contributed by atoms with Crippen LogP contribution in [-0.2, 0) is 0 Å². The summed E-state index contributed by atoms with van der Waals surface area (Å²) in [6.45, 7) is 1.38. The molecular formula is C30H31FN2O7. The van der Waals surface area contributed by atoms with Crippen LogP contribution in [-0.4, -0.2) is 64.2 Å². The summed E-state index contributed by atoms with van der Waals surface area (Å²) in [6.07, 6.45) is 4.28. The van der Waals surface area contributed by atoms with E-state index in [1.807, 2.05) is 11.1 Å². The molecule has 40 heavy (non-hydrogen) atoms. The van der Waals surface area contributed by atoms with Gasteiger partial charge >= 0.3 is 0 Å². The number of carbonyl (C=O) groups is 1. The van der Waals surface area contributed by atoms with Crippen LogP contribution in [0.25, 0.3) is 0 Å². The number of fused-ring (bicyclic) bond motifs is 2. The number of methoxy groups -OCH3 is 3. The van der Waals surface area contributed by atoms with Gasteiger partial charge in [-0.3, -0.25) is 9.79 Å². The summed E-state index contributed by atoms with van der Waals surface area (Å²) >= 11 is 0. The molecule has 2 aliphatic rings. The molecule has 9 nitrogen and oxygen atoms in total. The van der Waals surface area contributed by atoms with E-state index in [9.17, 15) is 9.18 Å². The molecule has 210 valence electrons. The molecule has 0 unspecified atom stereocenters. The Morgan fingerprint density at radius 3 is 2.38 bits per heavy atom. The fourth-order valence-corrected chi connectivity index (χ4v) is 4.71. The van der Waals surface area contributed by atoms with E-state index in [1.54, 1.807) is 30.3 Å². The van der Waals surface area contributed by atoms with Gasteiger partial charge < -0.3 is 33.3 Å². The van der Waals surface area contributed by atoms with Gasteiger partial charge in [-0.2, -0.15) is 0 Å². The zero-order valence-corrected chi connectivity index (χ0v) is 22.6. The second-order valence-corrected chi connectivity index (χ2v) is 9.27. The van der Waals surface area contributed by atoms with Crippen LogP contribution < -0.4 is 28.4 Å². The first-order valence-corrected chi connectivity index (χ1v) is 13.0. The average molecular weight is 551 g/mol. The number of amides is 1. The normalized spacial score (nSPS) is 15.7. The number of aliphatic imine (C=N–C) groups is 1. The predicted octanol–water partition coefficient (Wildman–Crippen LogP) is 5.81. The van der Waals surface area contributed by atoms with E-state index in [0.717, 1.165) is 19.4 Å². The Hall–Kier alpha value is -4.47. The molecule has 5 rings (SSSR count). The van der Waals surface area contributed by atoms with E-state index in [1.165, 1.54) is 39.5 Å². The van der Waals surface area contributed by atoms with Crippen LogP contribution in [0.2, 0.25) is 0 Å². The van der Waals surface area contributed by atoms with Gasteiger partial charge in [0.05, 0.1) is 51.8 Å². The highest BCUT2D eigenvalue weighted by Gasteiger charge is 2.32. The van der Waals surface area contributed by atoms with Crippen LogP contribution in [0, 0.1) is 5.82 Å². The molecule has 0 aliphatic carbocycles. The van der Waals surface area contributed by atoms with E-state index in [-0.39, 0.29) is 17.7 Å². The van der Waals surface area contributed by atoms with Crippen molar-refractivity contribution >= 4 is 17.8 Å². The minimum Gasteiger partial charge on any atom is -0.493 e. The van der Waals surface area contributed by atoms with Gasteiger partial charge in [0, 0.05) is 37.4 Å². The maximum absolute atomic E-state index is 14.4. The molecule has 0 radical (unpaired) electrons. The third kappa shape index (κ3) is 5.75. The fraction of sp³-hybridized carbons (Fsp3) is 0.333. The van der Waals surface area contributed by atoms with Crippen molar-refractivity contribution < 1.29 is 37.6 Å². The van der Waals surface area contributed by atoms with Crippen LogP contribution in [0.5, 0.6) is 40.2 Å². The highest BCUT2D eigenvalue weighted by atomic mass is 19.1. The molecule has 2 aliphatic heterocycles. The number of carbonyl (C=O) groups excluding carboxylic acids is 1. The molecular weight excluding hydrogens is 519 g/mol. The van der Waals surface area contributed by atoms with Crippen molar-refractivity contribution in [2.24, 2.45) is 4.99 Å². The zero-order valence-electron chi connectivity index (χ0n) is 22.6. The van der Waals surface area contributed by atoms with Gasteiger partial charge in [-0.15, -0.1) is 0 Å². The molecule has 1 saturated heterocycles. The molecule has 0 saturated carbocycles. The van der Waals surface area contributed by atoms with Crippen molar-refractivity contribution in [1.29, 1.82) is 0 Å². The summed E-state index contributed by atoms with van der Waals surface area (Å²) in [5.74, 6) is 2.28. The molecule has 0 N–H and O–H groups in total. The second kappa shape index (κ2) is 12.1. The van der Waals surface area contributed by atoms with Crippen molar-refractivity contribution in [1.82, 2.24) is 4.90 Å². The monoisotopic (exact) mass is 550 g/mol. The number of nitrogens with zero attached hydrogens (tertiary/aromatic N) is 2. The largest absolute Gasteiger partial charge is 0.493 e. The lowest BCUT2D eigenvalue weighted by molar-refractivity contribution is 0.0774. The molecule has 1 fully saturated rings. The van der Waals surface area contributed by atoms with Crippen molar-refractivity contribution in [3.63, 3.8) is 0 Å². The molecule has 1 atom stereocenters. The van der Waals surface area contributed by atoms with Gasteiger partial charge in [0.2, 0.25) is 0 Å². The third-order valence-corrected chi connectivity index (χ3v) is 6.76. The standard InChI is InChI=1S/C30H31FN2O7/c1-35-25-10-8-21(15-27(25)36-2)40-26-14-20(7-9-23(26)31)38-12-5-13-39-29-17-24-22(16-28(29)37-3)30(34)33-11-4-6-19(33)18-32-24/h7-10,14-19H,4-6,11-13H2,1-3H3/t19-/m0/s1. The van der Waals surface area contributed by atoms with E-state index >= 15 is 0 Å². The van der Waals surface area contributed by atoms with Gasteiger partial charge in [-0.1, -0.05) is 0 Å². The van der Waals surface area contributed by atoms with Crippen molar-refractivity contribution in [3.05, 3.63) is 59.9 Å². The third-order valence-electron chi connectivity index (χ3n) is 6.76. The number of hydrogen-bond acceptors (Lipinski definition) is 8. The van der Waals surface area contributed by atoms with Crippen molar-refractivity contribution in [3.8, 4) is 40.2 Å². The van der Waals surface area contributed by atoms with E-state index in [4.69, 9.17) is 28.4 Å². The molecule has 3 aromatic rings. The fourth-order valence-electron chi connectivity index (χ4n) is 4.71. The molecule has 0 spiro atoms. The van der Waals surface area contributed by atoms with Crippen molar-refractivity contribution in [2.45, 2.75) is 25.3 Å². The number of halogens is 1. The SMILES string of the molecule is COc1ccc(Oc2cc(OCCCOc3cc4c(cc3OC)C(=O)N3CCC[C@H]3C=N4)ccc2F)cc1OC. The minimum atomic E-state index is -0.526. The summed E-state index contributed by atoms with van der Waals surface area (Å²) < 4.78 is 47.9. The van der Waals surface area contributed by atoms with Crippen LogP contribution in [0.1, 0.15) is 29.6 Å². The minimum absolute atomic E-state index is 0.0197. The average Bonchev–Trinajstić information content (AvgIpc) is 3.41. The first kappa shape index (κ1) is 27.1. The summed E-state index contributed by atoms with van der Waals surface area (Å²) in [6, 6.07) is 12.7. The van der Waals surface area contributed by atoms with E-state index < -0.39 is 5.82 Å². The lowest BCUT2D eigenvalue weighted by atomic mass is 10.1. The number of ether oxygens (including phenoxy) is 6. The maximum Gasteiger partial charge on any atom is 0.256 e. The Bertz CT molecular complexity index is 1410. The Morgan fingerprint density at radius 1 is 0.850 bits per heavy atom. The summed E-state index contributed by atoms with van der Waals surface area (Å²) in [7, 11) is 4.59. The molecule has 3 aromatic carbocycles. The lowest BCUT2D eigenvalue weighted by Gasteiger charge is -2.20. The Kier molecular flexibility index (Phi) is 8.23.